The Bertz CT molecular complexity index is 703. The van der Waals surface area contributed by atoms with Crippen molar-refractivity contribution in [1.29, 1.82) is 0 Å². The summed E-state index contributed by atoms with van der Waals surface area (Å²) in [6.45, 7) is 2.67. The van der Waals surface area contributed by atoms with Crippen LogP contribution in [0.15, 0.2) is 50.9 Å². The summed E-state index contributed by atoms with van der Waals surface area (Å²) in [7, 11) is 0. The third-order valence-corrected chi connectivity index (χ3v) is 4.87. The maximum Gasteiger partial charge on any atom is 0.191 e. The molecule has 0 saturated carbocycles. The molecule has 3 rings (SSSR count). The van der Waals surface area contributed by atoms with E-state index in [9.17, 15) is 0 Å². The lowest BCUT2D eigenvalue weighted by Gasteiger charge is -2.06. The van der Waals surface area contributed by atoms with E-state index in [2.05, 4.69) is 49.8 Å². The van der Waals surface area contributed by atoms with E-state index >= 15 is 0 Å². The minimum atomic E-state index is 0.685. The molecule has 0 saturated heterocycles. The zero-order valence-electron chi connectivity index (χ0n) is 10.9. The summed E-state index contributed by atoms with van der Waals surface area (Å²) in [5.74, 6) is 0.685. The molecule has 1 aromatic carbocycles. The molecule has 102 valence electrons. The highest BCUT2D eigenvalue weighted by Gasteiger charge is 2.04. The average molecular weight is 349 g/mol. The van der Waals surface area contributed by atoms with E-state index in [-0.39, 0.29) is 0 Å². The van der Waals surface area contributed by atoms with Crippen molar-refractivity contribution < 1.29 is 4.42 Å². The summed E-state index contributed by atoms with van der Waals surface area (Å²) < 4.78 is 6.39. The van der Waals surface area contributed by atoms with Gasteiger partial charge in [0.05, 0.1) is 6.54 Å². The number of nitrogens with zero attached hydrogens (tertiary/aromatic N) is 1. The van der Waals surface area contributed by atoms with E-state index in [0.717, 1.165) is 28.0 Å². The van der Waals surface area contributed by atoms with Crippen molar-refractivity contribution in [2.24, 2.45) is 0 Å². The molecule has 0 aliphatic heterocycles. The van der Waals surface area contributed by atoms with Crippen LogP contribution in [-0.4, -0.2) is 4.98 Å². The minimum absolute atomic E-state index is 0.685. The summed E-state index contributed by atoms with van der Waals surface area (Å²) in [5.41, 5.74) is 3.02. The van der Waals surface area contributed by atoms with Gasteiger partial charge in [-0.2, -0.15) is 0 Å². The Morgan fingerprint density at radius 2 is 2.05 bits per heavy atom. The van der Waals surface area contributed by atoms with Crippen LogP contribution < -0.4 is 5.32 Å². The lowest BCUT2D eigenvalue weighted by atomic mass is 10.1. The monoisotopic (exact) mass is 348 g/mol. The Labute approximate surface area is 129 Å². The van der Waals surface area contributed by atoms with Crippen molar-refractivity contribution in [3.05, 3.63) is 57.2 Å². The molecule has 1 N–H and O–H groups in total. The lowest BCUT2D eigenvalue weighted by Crippen LogP contribution is -1.97. The van der Waals surface area contributed by atoms with Gasteiger partial charge in [-0.1, -0.05) is 12.1 Å². The number of aromatic nitrogens is 1. The van der Waals surface area contributed by atoms with E-state index in [1.165, 1.54) is 4.88 Å². The maximum atomic E-state index is 5.23. The second-order valence-corrected chi connectivity index (χ2v) is 6.23. The number of hydrogen-bond donors (Lipinski definition) is 1. The van der Waals surface area contributed by atoms with E-state index in [4.69, 9.17) is 4.42 Å². The number of oxazole rings is 1. The van der Waals surface area contributed by atoms with E-state index in [1.807, 2.05) is 19.1 Å². The van der Waals surface area contributed by atoms with Gasteiger partial charge in [-0.05, 0) is 39.5 Å². The summed E-state index contributed by atoms with van der Waals surface area (Å²) in [4.78, 5) is 5.61. The van der Waals surface area contributed by atoms with Crippen molar-refractivity contribution in [3.63, 3.8) is 0 Å². The molecule has 0 aliphatic carbocycles. The molecule has 0 bridgehead atoms. The minimum Gasteiger partial charge on any atom is -0.449 e. The summed E-state index contributed by atoms with van der Waals surface area (Å²) in [6.07, 6.45) is 1.68. The number of anilines is 1. The molecule has 0 amide bonds. The van der Waals surface area contributed by atoms with Gasteiger partial charge in [-0.25, -0.2) is 4.98 Å². The van der Waals surface area contributed by atoms with E-state index < -0.39 is 0 Å². The molecule has 2 heterocycles. The van der Waals surface area contributed by atoms with Crippen LogP contribution in [0.4, 0.5) is 5.69 Å². The zero-order chi connectivity index (χ0) is 13.9. The van der Waals surface area contributed by atoms with Gasteiger partial charge in [0.2, 0.25) is 0 Å². The third kappa shape index (κ3) is 2.94. The molecule has 5 heteroatoms. The normalized spacial score (nSPS) is 10.7. The molecule has 0 aliphatic rings. The van der Waals surface area contributed by atoms with Crippen LogP contribution in [0.1, 0.15) is 10.8 Å². The van der Waals surface area contributed by atoms with Gasteiger partial charge in [0, 0.05) is 27.5 Å². The van der Waals surface area contributed by atoms with Gasteiger partial charge >= 0.3 is 0 Å². The first-order chi connectivity index (χ1) is 9.72. The molecular weight excluding hydrogens is 336 g/mol. The fourth-order valence-corrected chi connectivity index (χ4v) is 3.32. The second-order valence-electron chi connectivity index (χ2n) is 4.37. The standard InChI is InChI=1S/C15H13BrN2OS/c1-10-18-14(9-19-10)11-2-4-12(5-3-11)17-8-15-13(16)6-7-20-15/h2-7,9,17H,8H2,1H3. The number of thiophene rings is 1. The Kier molecular flexibility index (Phi) is 3.89. The molecule has 0 unspecified atom stereocenters. The highest BCUT2D eigenvalue weighted by Crippen LogP contribution is 2.25. The van der Waals surface area contributed by atoms with Crippen molar-refractivity contribution in [2.75, 3.05) is 5.32 Å². The van der Waals surface area contributed by atoms with Crippen LogP contribution >= 0.6 is 27.3 Å². The first-order valence-corrected chi connectivity index (χ1v) is 7.88. The SMILES string of the molecule is Cc1nc(-c2ccc(NCc3sccc3Br)cc2)co1. The second kappa shape index (κ2) is 5.81. The number of nitrogens with one attached hydrogen (secondary N) is 1. The largest absolute Gasteiger partial charge is 0.449 e. The van der Waals surface area contributed by atoms with Gasteiger partial charge in [0.15, 0.2) is 5.89 Å². The predicted molar refractivity (Wildman–Crippen MR) is 86.0 cm³/mol. The van der Waals surface area contributed by atoms with E-state index in [1.54, 1.807) is 17.6 Å². The Morgan fingerprint density at radius 1 is 1.25 bits per heavy atom. The summed E-state index contributed by atoms with van der Waals surface area (Å²) in [6, 6.07) is 10.3. The van der Waals surface area contributed by atoms with Gasteiger partial charge in [-0.3, -0.25) is 0 Å². The highest BCUT2D eigenvalue weighted by atomic mass is 79.9. The molecular formula is C15H13BrN2OS. The van der Waals surface area contributed by atoms with Gasteiger partial charge < -0.3 is 9.73 Å². The van der Waals surface area contributed by atoms with Crippen molar-refractivity contribution in [1.82, 2.24) is 4.98 Å². The maximum absolute atomic E-state index is 5.23. The summed E-state index contributed by atoms with van der Waals surface area (Å²) >= 11 is 5.28. The fourth-order valence-electron chi connectivity index (χ4n) is 1.89. The van der Waals surface area contributed by atoms with Crippen LogP contribution in [0.5, 0.6) is 0 Å². The number of hydrogen-bond acceptors (Lipinski definition) is 4. The topological polar surface area (TPSA) is 38.1 Å². The molecule has 3 nitrogen and oxygen atoms in total. The molecule has 0 radical (unpaired) electrons. The summed E-state index contributed by atoms with van der Waals surface area (Å²) in [5, 5.41) is 5.49. The first-order valence-electron chi connectivity index (χ1n) is 6.21. The number of halogens is 1. The fraction of sp³-hybridized carbons (Fsp3) is 0.133. The van der Waals surface area contributed by atoms with Crippen LogP contribution in [0, 0.1) is 6.92 Å². The quantitative estimate of drug-likeness (QED) is 0.713. The highest BCUT2D eigenvalue weighted by molar-refractivity contribution is 9.10. The molecule has 0 spiro atoms. The van der Waals surface area contributed by atoms with Gasteiger partial charge in [0.25, 0.3) is 0 Å². The predicted octanol–water partition coefficient (Wildman–Crippen LogP) is 5.09. The van der Waals surface area contributed by atoms with Crippen molar-refractivity contribution >= 4 is 33.0 Å². The molecule has 20 heavy (non-hydrogen) atoms. The van der Waals surface area contributed by atoms with Crippen molar-refractivity contribution in [2.45, 2.75) is 13.5 Å². The number of aryl methyl sites for hydroxylation is 1. The van der Waals surface area contributed by atoms with Crippen molar-refractivity contribution in [3.8, 4) is 11.3 Å². The smallest absolute Gasteiger partial charge is 0.191 e. The lowest BCUT2D eigenvalue weighted by molar-refractivity contribution is 0.521. The Morgan fingerprint density at radius 3 is 2.65 bits per heavy atom. The van der Waals surface area contributed by atoms with Gasteiger partial charge in [0.1, 0.15) is 12.0 Å². The van der Waals surface area contributed by atoms with Crippen LogP contribution in [0.2, 0.25) is 0 Å². The number of rotatable bonds is 4. The van der Waals surface area contributed by atoms with E-state index in [0.29, 0.717) is 5.89 Å². The molecule has 0 atom stereocenters. The van der Waals surface area contributed by atoms with Gasteiger partial charge in [-0.15, -0.1) is 11.3 Å². The van der Waals surface area contributed by atoms with Crippen LogP contribution in [-0.2, 0) is 6.54 Å². The average Bonchev–Trinajstić information content (AvgIpc) is 3.06. The molecule has 2 aromatic heterocycles. The molecule has 3 aromatic rings. The number of benzene rings is 1. The molecule has 0 fully saturated rings. The first kappa shape index (κ1) is 13.4. The third-order valence-electron chi connectivity index (χ3n) is 2.94. The Hall–Kier alpha value is -1.59. The Balaban J connectivity index is 1.69. The zero-order valence-corrected chi connectivity index (χ0v) is 13.3. The van der Waals surface area contributed by atoms with Crippen LogP contribution in [0.25, 0.3) is 11.3 Å². The van der Waals surface area contributed by atoms with Crippen LogP contribution in [0.3, 0.4) is 0 Å².